The first kappa shape index (κ1) is 25.4. The normalized spacial score (nSPS) is 13.9. The van der Waals surface area contributed by atoms with Gasteiger partial charge in [0.1, 0.15) is 30.9 Å². The molecule has 0 spiro atoms. The van der Waals surface area contributed by atoms with Gasteiger partial charge in [0, 0.05) is 18.5 Å². The second-order valence-electron chi connectivity index (χ2n) is 8.51. The summed E-state index contributed by atoms with van der Waals surface area (Å²) < 4.78 is 61.3. The number of halogens is 3. The van der Waals surface area contributed by atoms with E-state index in [1.54, 1.807) is 30.1 Å². The van der Waals surface area contributed by atoms with E-state index in [-0.39, 0.29) is 35.8 Å². The number of alkyl halides is 2. The Morgan fingerprint density at radius 2 is 1.75 bits per heavy atom. The number of nitrogens with zero attached hydrogens (tertiary/aromatic N) is 1. The minimum atomic E-state index is -3.33. The zero-order valence-electron chi connectivity index (χ0n) is 19.6. The second-order valence-corrected chi connectivity index (χ2v) is 8.51. The Kier molecular flexibility index (Phi) is 7.69. The molecule has 1 aliphatic heterocycles. The fourth-order valence-corrected chi connectivity index (χ4v) is 4.00. The number of likely N-dealkylation sites (N-methyl/N-ethyl adjacent to an activating group) is 1. The minimum absolute atomic E-state index is 0.0379. The van der Waals surface area contributed by atoms with Gasteiger partial charge >= 0.3 is 11.9 Å². The number of aliphatic carboxylic acids is 1. The topological polar surface area (TPSA) is 68.2 Å². The smallest absolute Gasteiger partial charge is 0.317 e. The van der Waals surface area contributed by atoms with Crippen LogP contribution < -0.4 is 14.2 Å². The van der Waals surface area contributed by atoms with E-state index in [9.17, 15) is 9.18 Å². The molecule has 0 saturated heterocycles. The van der Waals surface area contributed by atoms with Crippen LogP contribution in [0, 0.1) is 5.82 Å². The molecule has 1 aliphatic rings. The molecule has 0 radical (unpaired) electrons. The Hall–Kier alpha value is -3.72. The van der Waals surface area contributed by atoms with E-state index in [4.69, 9.17) is 19.3 Å². The van der Waals surface area contributed by atoms with Gasteiger partial charge in [-0.2, -0.15) is 8.78 Å². The van der Waals surface area contributed by atoms with Crippen molar-refractivity contribution in [3.8, 4) is 17.2 Å². The van der Waals surface area contributed by atoms with Crippen molar-refractivity contribution in [2.75, 3.05) is 33.4 Å². The van der Waals surface area contributed by atoms with Gasteiger partial charge in [0.15, 0.2) is 11.5 Å². The van der Waals surface area contributed by atoms with Crippen LogP contribution >= 0.6 is 0 Å². The molecule has 9 heteroatoms. The number of fused-ring (bicyclic) bond motifs is 1. The summed E-state index contributed by atoms with van der Waals surface area (Å²) in [5.41, 5.74) is 0.165. The minimum Gasteiger partial charge on any atom is -0.486 e. The third-order valence-corrected chi connectivity index (χ3v) is 5.82. The first-order valence-electron chi connectivity index (χ1n) is 11.4. The van der Waals surface area contributed by atoms with Gasteiger partial charge in [-0.05, 0) is 61.1 Å². The van der Waals surface area contributed by atoms with Crippen LogP contribution in [-0.2, 0) is 10.7 Å². The lowest BCUT2D eigenvalue weighted by Gasteiger charge is -2.26. The quantitative estimate of drug-likeness (QED) is 0.409. The Morgan fingerprint density at radius 1 is 1.06 bits per heavy atom. The summed E-state index contributed by atoms with van der Waals surface area (Å²) in [6.45, 7) is 0.748. The average molecular weight is 502 g/mol. The predicted octanol–water partition coefficient (Wildman–Crippen LogP) is 5.26. The molecule has 1 atom stereocenters. The van der Waals surface area contributed by atoms with Gasteiger partial charge in [-0.25, -0.2) is 4.39 Å². The number of hydrogen-bond acceptors (Lipinski definition) is 5. The third kappa shape index (κ3) is 5.91. The van der Waals surface area contributed by atoms with E-state index in [1.165, 1.54) is 48.5 Å². The van der Waals surface area contributed by atoms with Crippen LogP contribution in [0.15, 0.2) is 66.7 Å². The fourth-order valence-electron chi connectivity index (χ4n) is 4.00. The molecule has 0 saturated carbocycles. The number of carboxylic acid groups (broad SMARTS) is 1. The first-order chi connectivity index (χ1) is 17.2. The number of ether oxygens (including phenoxy) is 3. The molecule has 190 valence electrons. The fraction of sp³-hybridized carbons (Fsp3) is 0.296. The van der Waals surface area contributed by atoms with E-state index in [2.05, 4.69) is 0 Å². The third-order valence-electron chi connectivity index (χ3n) is 5.82. The summed E-state index contributed by atoms with van der Waals surface area (Å²) in [5, 5.41) is 8.98. The monoisotopic (exact) mass is 501 g/mol. The Labute approximate surface area is 206 Å². The largest absolute Gasteiger partial charge is 0.486 e. The first-order valence-corrected chi connectivity index (χ1v) is 11.4. The molecule has 1 N–H and O–H groups in total. The summed E-state index contributed by atoms with van der Waals surface area (Å²) >= 11 is 0. The summed E-state index contributed by atoms with van der Waals surface area (Å²) in [7, 11) is 1.67. The molecule has 1 unspecified atom stereocenters. The highest BCUT2D eigenvalue weighted by molar-refractivity contribution is 5.69. The van der Waals surface area contributed by atoms with Crippen LogP contribution in [0.1, 0.15) is 29.2 Å². The Balaban J connectivity index is 1.53. The molecule has 0 amide bonds. The molecule has 4 rings (SSSR count). The highest BCUT2D eigenvalue weighted by Gasteiger charge is 2.39. The molecule has 0 bridgehead atoms. The maximum Gasteiger partial charge on any atom is 0.317 e. The van der Waals surface area contributed by atoms with Gasteiger partial charge < -0.3 is 19.3 Å². The molecule has 36 heavy (non-hydrogen) atoms. The van der Waals surface area contributed by atoms with Crippen molar-refractivity contribution >= 4 is 5.97 Å². The maximum absolute atomic E-state index is 15.4. The lowest BCUT2D eigenvalue weighted by molar-refractivity contribution is -0.138. The van der Waals surface area contributed by atoms with E-state index >= 15 is 8.78 Å². The van der Waals surface area contributed by atoms with Crippen molar-refractivity contribution in [1.29, 1.82) is 0 Å². The van der Waals surface area contributed by atoms with Crippen LogP contribution in [0.3, 0.4) is 0 Å². The molecule has 1 heterocycles. The van der Waals surface area contributed by atoms with Crippen LogP contribution in [0.25, 0.3) is 0 Å². The van der Waals surface area contributed by atoms with Crippen LogP contribution in [-0.4, -0.2) is 49.3 Å². The summed E-state index contributed by atoms with van der Waals surface area (Å²) in [6.07, 6.45) is -0.138. The molecule has 0 aliphatic carbocycles. The molecule has 0 aromatic heterocycles. The molecular weight excluding hydrogens is 475 g/mol. The zero-order chi connectivity index (χ0) is 25.7. The van der Waals surface area contributed by atoms with Gasteiger partial charge in [-0.1, -0.05) is 18.2 Å². The molecule has 6 nitrogen and oxygen atoms in total. The number of para-hydroxylation sites is 1. The van der Waals surface area contributed by atoms with Crippen LogP contribution in [0.4, 0.5) is 13.2 Å². The van der Waals surface area contributed by atoms with Crippen molar-refractivity contribution < 1.29 is 37.3 Å². The SMILES string of the molecule is CN(CCC(Oc1ccc(C(F)(F)c2cccc3c2OCCO3)cc1)c1ccc(F)cc1)CC(=O)O. The van der Waals surface area contributed by atoms with Crippen molar-refractivity contribution in [2.24, 2.45) is 0 Å². The van der Waals surface area contributed by atoms with Gasteiger partial charge in [0.2, 0.25) is 0 Å². The predicted molar refractivity (Wildman–Crippen MR) is 126 cm³/mol. The van der Waals surface area contributed by atoms with Crippen LogP contribution in [0.2, 0.25) is 0 Å². The van der Waals surface area contributed by atoms with Gasteiger partial charge in [0.25, 0.3) is 0 Å². The van der Waals surface area contributed by atoms with Gasteiger partial charge in [-0.3, -0.25) is 9.69 Å². The van der Waals surface area contributed by atoms with E-state index < -0.39 is 23.8 Å². The van der Waals surface area contributed by atoms with E-state index in [0.29, 0.717) is 30.9 Å². The zero-order valence-corrected chi connectivity index (χ0v) is 19.6. The standard InChI is InChI=1S/C27H26F3NO5/c1-31(17-25(32)33)14-13-23(18-5-9-20(28)10-6-18)36-21-11-7-19(8-12-21)27(29,30)22-3-2-4-24-26(22)35-16-15-34-24/h2-12,23H,13-17H2,1H3,(H,32,33). The number of rotatable bonds is 10. The maximum atomic E-state index is 15.4. The number of carboxylic acids is 1. The second kappa shape index (κ2) is 10.9. The average Bonchev–Trinajstić information content (AvgIpc) is 2.86. The van der Waals surface area contributed by atoms with Crippen molar-refractivity contribution in [3.05, 3.63) is 89.2 Å². The van der Waals surface area contributed by atoms with Gasteiger partial charge in [-0.15, -0.1) is 0 Å². The van der Waals surface area contributed by atoms with Crippen molar-refractivity contribution in [3.63, 3.8) is 0 Å². The Bertz CT molecular complexity index is 1190. The number of carbonyl (C=O) groups is 1. The number of hydrogen-bond donors (Lipinski definition) is 1. The lowest BCUT2D eigenvalue weighted by atomic mass is 9.98. The van der Waals surface area contributed by atoms with Gasteiger partial charge in [0.05, 0.1) is 12.1 Å². The lowest BCUT2D eigenvalue weighted by Crippen LogP contribution is -2.28. The molecule has 3 aromatic carbocycles. The summed E-state index contributed by atoms with van der Waals surface area (Å²) in [4.78, 5) is 12.6. The van der Waals surface area contributed by atoms with Crippen molar-refractivity contribution in [1.82, 2.24) is 4.90 Å². The molecule has 0 fully saturated rings. The highest BCUT2D eigenvalue weighted by Crippen LogP contribution is 2.45. The van der Waals surface area contributed by atoms with Crippen LogP contribution in [0.5, 0.6) is 17.2 Å². The van der Waals surface area contributed by atoms with Crippen molar-refractivity contribution in [2.45, 2.75) is 18.4 Å². The van der Waals surface area contributed by atoms with E-state index in [1.807, 2.05) is 0 Å². The summed E-state index contributed by atoms with van der Waals surface area (Å²) in [6, 6.07) is 15.7. The molecular formula is C27H26F3NO5. The highest BCUT2D eigenvalue weighted by atomic mass is 19.3. The number of benzene rings is 3. The summed E-state index contributed by atoms with van der Waals surface area (Å²) in [5.74, 6) is -4.02. The molecule has 3 aromatic rings. The Morgan fingerprint density at radius 3 is 2.44 bits per heavy atom. The van der Waals surface area contributed by atoms with E-state index in [0.717, 1.165) is 0 Å².